The highest BCUT2D eigenvalue weighted by Gasteiger charge is 2.35. The van der Waals surface area contributed by atoms with Gasteiger partial charge in [-0.25, -0.2) is 8.78 Å². The zero-order valence-electron chi connectivity index (χ0n) is 12.9. The number of rotatable bonds is 3. The SMILES string of the molecule is Fc1cc(-c2ccccc2-c2ccccc2)c(F)c(F)c1OC(F)(F)F. The van der Waals surface area contributed by atoms with Gasteiger partial charge in [-0.2, -0.15) is 4.39 Å². The monoisotopic (exact) mass is 368 g/mol. The molecule has 0 aliphatic heterocycles. The standard InChI is InChI=1S/C19H10F6O/c20-15-10-14(16(21)17(22)18(15)26-19(23,24)25)13-9-5-4-8-12(13)11-6-2-1-3-7-11/h1-10H. The summed E-state index contributed by atoms with van der Waals surface area (Å²) in [5.41, 5.74) is 0.746. The van der Waals surface area contributed by atoms with Crippen molar-refractivity contribution in [3.63, 3.8) is 0 Å². The molecule has 0 amide bonds. The summed E-state index contributed by atoms with van der Waals surface area (Å²) in [7, 11) is 0. The van der Waals surface area contributed by atoms with Gasteiger partial charge in [0.1, 0.15) is 0 Å². The fourth-order valence-electron chi connectivity index (χ4n) is 2.57. The van der Waals surface area contributed by atoms with E-state index in [1.807, 2.05) is 0 Å². The molecule has 134 valence electrons. The third-order valence-electron chi connectivity index (χ3n) is 3.64. The van der Waals surface area contributed by atoms with Gasteiger partial charge in [0.2, 0.25) is 11.6 Å². The van der Waals surface area contributed by atoms with Gasteiger partial charge in [-0.05, 0) is 22.8 Å². The normalized spacial score (nSPS) is 11.5. The summed E-state index contributed by atoms with van der Waals surface area (Å²) in [6.07, 6.45) is -5.35. The number of ether oxygens (including phenoxy) is 1. The van der Waals surface area contributed by atoms with E-state index in [0.29, 0.717) is 17.2 Å². The fourth-order valence-corrected chi connectivity index (χ4v) is 2.57. The van der Waals surface area contributed by atoms with Crippen molar-refractivity contribution in [3.05, 3.63) is 78.1 Å². The summed E-state index contributed by atoms with van der Waals surface area (Å²) in [5.74, 6) is -7.15. The van der Waals surface area contributed by atoms with Gasteiger partial charge < -0.3 is 4.74 Å². The first-order valence-electron chi connectivity index (χ1n) is 7.36. The summed E-state index contributed by atoms with van der Waals surface area (Å²) >= 11 is 0. The van der Waals surface area contributed by atoms with Crippen LogP contribution in [-0.2, 0) is 0 Å². The highest BCUT2D eigenvalue weighted by atomic mass is 19.4. The van der Waals surface area contributed by atoms with E-state index in [9.17, 15) is 26.3 Å². The Morgan fingerprint density at radius 2 is 1.23 bits per heavy atom. The average Bonchev–Trinajstić information content (AvgIpc) is 2.62. The molecule has 0 spiro atoms. The number of benzene rings is 3. The smallest absolute Gasteiger partial charge is 0.399 e. The van der Waals surface area contributed by atoms with Gasteiger partial charge in [-0.15, -0.1) is 13.2 Å². The van der Waals surface area contributed by atoms with Crippen molar-refractivity contribution in [3.8, 4) is 28.0 Å². The van der Waals surface area contributed by atoms with Gasteiger partial charge in [0, 0.05) is 5.56 Å². The Bertz CT molecular complexity index is 935. The Kier molecular flexibility index (Phi) is 4.63. The fraction of sp³-hybridized carbons (Fsp3) is 0.0526. The van der Waals surface area contributed by atoms with Crippen molar-refractivity contribution >= 4 is 0 Å². The highest BCUT2D eigenvalue weighted by molar-refractivity contribution is 5.83. The van der Waals surface area contributed by atoms with Crippen LogP contribution in [0.2, 0.25) is 0 Å². The minimum absolute atomic E-state index is 0.132. The average molecular weight is 368 g/mol. The Labute approximate surface area is 144 Å². The summed E-state index contributed by atoms with van der Waals surface area (Å²) < 4.78 is 82.5. The predicted octanol–water partition coefficient (Wildman–Crippen LogP) is 6.34. The van der Waals surface area contributed by atoms with Crippen LogP contribution in [0.5, 0.6) is 5.75 Å². The lowest BCUT2D eigenvalue weighted by Gasteiger charge is -2.15. The molecule has 0 fully saturated rings. The van der Waals surface area contributed by atoms with E-state index >= 15 is 0 Å². The molecule has 1 nitrogen and oxygen atoms in total. The molecule has 0 aromatic heterocycles. The van der Waals surface area contributed by atoms with Gasteiger partial charge in [-0.3, -0.25) is 0 Å². The van der Waals surface area contributed by atoms with Crippen LogP contribution in [0.4, 0.5) is 26.3 Å². The van der Waals surface area contributed by atoms with Crippen LogP contribution in [0, 0.1) is 17.5 Å². The largest absolute Gasteiger partial charge is 0.573 e. The zero-order valence-corrected chi connectivity index (χ0v) is 12.9. The van der Waals surface area contributed by atoms with E-state index in [2.05, 4.69) is 4.74 Å². The molecule has 0 atom stereocenters. The first-order valence-corrected chi connectivity index (χ1v) is 7.36. The van der Waals surface area contributed by atoms with Crippen LogP contribution in [0.1, 0.15) is 0 Å². The molecule has 0 saturated heterocycles. The first-order chi connectivity index (χ1) is 12.3. The van der Waals surface area contributed by atoms with Gasteiger partial charge in [0.05, 0.1) is 0 Å². The topological polar surface area (TPSA) is 9.23 Å². The van der Waals surface area contributed by atoms with Gasteiger partial charge in [0.15, 0.2) is 11.6 Å². The Morgan fingerprint density at radius 1 is 0.654 bits per heavy atom. The Hall–Kier alpha value is -2.96. The zero-order chi connectivity index (χ0) is 18.9. The molecule has 3 aromatic rings. The quantitative estimate of drug-likeness (QED) is 0.387. The van der Waals surface area contributed by atoms with E-state index < -0.39 is 35.1 Å². The van der Waals surface area contributed by atoms with Crippen molar-refractivity contribution in [2.45, 2.75) is 6.36 Å². The van der Waals surface area contributed by atoms with Crippen LogP contribution in [-0.4, -0.2) is 6.36 Å². The van der Waals surface area contributed by atoms with Crippen LogP contribution < -0.4 is 4.74 Å². The maximum atomic E-state index is 14.4. The van der Waals surface area contributed by atoms with E-state index in [1.54, 1.807) is 42.5 Å². The van der Waals surface area contributed by atoms with Crippen molar-refractivity contribution < 1.29 is 31.1 Å². The van der Waals surface area contributed by atoms with Crippen LogP contribution in [0.15, 0.2) is 60.7 Å². The van der Waals surface area contributed by atoms with Crippen molar-refractivity contribution in [1.29, 1.82) is 0 Å². The third kappa shape index (κ3) is 3.51. The number of hydrogen-bond acceptors (Lipinski definition) is 1. The van der Waals surface area contributed by atoms with E-state index in [1.165, 1.54) is 12.1 Å². The second-order valence-corrected chi connectivity index (χ2v) is 5.32. The molecule has 3 aromatic carbocycles. The molecule has 0 saturated carbocycles. The summed E-state index contributed by atoms with van der Waals surface area (Å²) in [6, 6.07) is 15.3. The Morgan fingerprint density at radius 3 is 1.85 bits per heavy atom. The third-order valence-corrected chi connectivity index (χ3v) is 3.64. The van der Waals surface area contributed by atoms with Gasteiger partial charge in [0.25, 0.3) is 0 Å². The second-order valence-electron chi connectivity index (χ2n) is 5.32. The summed E-state index contributed by atoms with van der Waals surface area (Å²) in [4.78, 5) is 0. The molecule has 26 heavy (non-hydrogen) atoms. The molecule has 0 heterocycles. The highest BCUT2D eigenvalue weighted by Crippen LogP contribution is 2.38. The Balaban J connectivity index is 2.18. The van der Waals surface area contributed by atoms with Crippen molar-refractivity contribution in [2.75, 3.05) is 0 Å². The summed E-state index contributed by atoms with van der Waals surface area (Å²) in [6.45, 7) is 0. The van der Waals surface area contributed by atoms with Crippen LogP contribution in [0.25, 0.3) is 22.3 Å². The molecule has 0 aliphatic carbocycles. The lowest BCUT2D eigenvalue weighted by Crippen LogP contribution is -2.19. The minimum Gasteiger partial charge on any atom is -0.399 e. The number of alkyl halides is 3. The molecular weight excluding hydrogens is 358 g/mol. The van der Waals surface area contributed by atoms with Gasteiger partial charge >= 0.3 is 6.36 Å². The van der Waals surface area contributed by atoms with Crippen molar-refractivity contribution in [2.24, 2.45) is 0 Å². The maximum absolute atomic E-state index is 14.4. The van der Waals surface area contributed by atoms with Crippen molar-refractivity contribution in [1.82, 2.24) is 0 Å². The lowest BCUT2D eigenvalue weighted by molar-refractivity contribution is -0.276. The van der Waals surface area contributed by atoms with E-state index in [4.69, 9.17) is 0 Å². The molecule has 0 N–H and O–H groups in total. The first kappa shape index (κ1) is 17.8. The van der Waals surface area contributed by atoms with Crippen LogP contribution >= 0.6 is 0 Å². The number of hydrogen-bond donors (Lipinski definition) is 0. The lowest BCUT2D eigenvalue weighted by atomic mass is 9.94. The molecule has 0 aliphatic rings. The van der Waals surface area contributed by atoms with Gasteiger partial charge in [-0.1, -0.05) is 54.6 Å². The van der Waals surface area contributed by atoms with Crippen LogP contribution in [0.3, 0.4) is 0 Å². The molecule has 3 rings (SSSR count). The molecular formula is C19H10F6O. The second kappa shape index (κ2) is 6.74. The maximum Gasteiger partial charge on any atom is 0.573 e. The molecule has 0 bridgehead atoms. The van der Waals surface area contributed by atoms with E-state index in [-0.39, 0.29) is 5.56 Å². The number of halogens is 6. The predicted molar refractivity (Wildman–Crippen MR) is 83.9 cm³/mol. The van der Waals surface area contributed by atoms with E-state index in [0.717, 1.165) is 0 Å². The molecule has 0 radical (unpaired) electrons. The summed E-state index contributed by atoms with van der Waals surface area (Å²) in [5, 5.41) is 0. The molecule has 7 heteroatoms. The molecule has 0 unspecified atom stereocenters. The minimum atomic E-state index is -5.35.